The predicted molar refractivity (Wildman–Crippen MR) is 225 cm³/mol. The van der Waals surface area contributed by atoms with E-state index in [-0.39, 0.29) is 94.7 Å². The first-order valence-electron chi connectivity index (χ1n) is 21.6. The van der Waals surface area contributed by atoms with E-state index in [9.17, 15) is 39.7 Å². The van der Waals surface area contributed by atoms with Gasteiger partial charge in [-0.3, -0.25) is 9.59 Å². The maximum atomic E-state index is 13.7. The number of aryl methyl sites for hydroxylation is 1. The maximum absolute atomic E-state index is 13.7. The van der Waals surface area contributed by atoms with Crippen LogP contribution < -0.4 is 15.8 Å². The molecule has 360 valence electrons. The van der Waals surface area contributed by atoms with Crippen molar-refractivity contribution in [2.24, 2.45) is 29.4 Å². The van der Waals surface area contributed by atoms with E-state index < -0.39 is 40.5 Å². The molecule has 22 heteroatoms. The molecule has 1 saturated heterocycles. The molecule has 1 aromatic heterocycles. The second-order valence-corrected chi connectivity index (χ2v) is 16.2. The van der Waals surface area contributed by atoms with Crippen molar-refractivity contribution in [3.05, 3.63) is 43.6 Å². The number of aromatic nitrogens is 1. The van der Waals surface area contributed by atoms with E-state index in [4.69, 9.17) is 34.2 Å². The van der Waals surface area contributed by atoms with Crippen LogP contribution in [0.25, 0.3) is 0 Å². The molecule has 0 aliphatic carbocycles. The number of rotatable bonds is 33. The standard InChI is InChI=1S/C41H70N6O16/c1-28(2)32(22-30-21-31(9-7-8-14-56-5)40(57-6)43-26-30)23-36(42)37(48)25-35(29(3)4)39(50)44-33-10-12-45(13-11-33)38(49)24-34(27-59-17-20-62-47(54)55)63-41(51)60-18-15-58-16-19-61-46(52)53/h21,26,28-29,32-37,48H,7-20,22-25,27,42H2,1-6H3,(H,44,50)/t32-,34?,35-,36-,37-/m0/s1. The molecule has 0 saturated carbocycles. The first-order chi connectivity index (χ1) is 30.0. The predicted octanol–water partition coefficient (Wildman–Crippen LogP) is 3.08. The number of pyridine rings is 1. The fraction of sp³-hybridized carbons (Fsp3) is 0.805. The Balaban J connectivity index is 1.92. The SMILES string of the molecule is COCCCCc1cc(C[C@@H](C[C@H](N)[C@@H](O)C[C@H](C(=O)NC2CCN(C(=O)CC(COCCO[N+](=O)[O-])OC(=O)OCCOCCO[N+](=O)[O-])CC2)C(C)C)C(C)C)cnc1OC. The molecule has 0 spiro atoms. The normalized spacial score (nSPS) is 15.6. The number of hydrogen-bond acceptors (Lipinski definition) is 18. The Kier molecular flexibility index (Phi) is 26.3. The lowest BCUT2D eigenvalue weighted by Gasteiger charge is -2.35. The number of unbranched alkanes of at least 4 members (excludes halogenated alkanes) is 1. The Morgan fingerprint density at radius 2 is 1.57 bits per heavy atom. The van der Waals surface area contributed by atoms with Gasteiger partial charge >= 0.3 is 6.16 Å². The molecule has 0 radical (unpaired) electrons. The average Bonchev–Trinajstić information content (AvgIpc) is 3.23. The Bertz CT molecular complexity index is 1520. The number of methoxy groups -OCH3 is 2. The van der Waals surface area contributed by atoms with Crippen LogP contribution >= 0.6 is 0 Å². The molecule has 0 bridgehead atoms. The molecule has 2 heterocycles. The summed E-state index contributed by atoms with van der Waals surface area (Å²) in [7, 11) is 3.31. The highest BCUT2D eigenvalue weighted by Gasteiger charge is 2.33. The summed E-state index contributed by atoms with van der Waals surface area (Å²) in [5, 5.41) is 33.2. The second kappa shape index (κ2) is 30.4. The quantitative estimate of drug-likeness (QED) is 0.0395. The highest BCUT2D eigenvalue weighted by molar-refractivity contribution is 5.79. The van der Waals surface area contributed by atoms with Crippen LogP contribution in [-0.2, 0) is 55.8 Å². The van der Waals surface area contributed by atoms with Crippen molar-refractivity contribution in [1.82, 2.24) is 15.2 Å². The van der Waals surface area contributed by atoms with E-state index in [0.29, 0.717) is 44.8 Å². The van der Waals surface area contributed by atoms with Gasteiger partial charge in [-0.25, -0.2) is 9.78 Å². The van der Waals surface area contributed by atoms with E-state index >= 15 is 0 Å². The number of aliphatic hydroxyl groups excluding tert-OH is 1. The number of nitrogens with zero attached hydrogens (tertiary/aromatic N) is 4. The van der Waals surface area contributed by atoms with Gasteiger partial charge in [0, 0.05) is 56.6 Å². The van der Waals surface area contributed by atoms with Gasteiger partial charge in [0.2, 0.25) is 17.7 Å². The van der Waals surface area contributed by atoms with Crippen LogP contribution in [0.5, 0.6) is 5.88 Å². The molecule has 0 aromatic carbocycles. The van der Waals surface area contributed by atoms with Crippen LogP contribution in [-0.4, -0.2) is 148 Å². The molecule has 1 aliphatic rings. The van der Waals surface area contributed by atoms with Crippen molar-refractivity contribution in [3.8, 4) is 5.88 Å². The number of nitrogens with one attached hydrogen (secondary N) is 1. The van der Waals surface area contributed by atoms with Crippen molar-refractivity contribution in [2.45, 2.75) is 110 Å². The summed E-state index contributed by atoms with van der Waals surface area (Å²) in [5.74, 6) is -0.0734. The number of carbonyl (C=O) groups excluding carboxylic acids is 3. The van der Waals surface area contributed by atoms with E-state index in [0.717, 1.165) is 36.8 Å². The van der Waals surface area contributed by atoms with Crippen molar-refractivity contribution in [2.75, 3.05) is 80.2 Å². The van der Waals surface area contributed by atoms with Gasteiger partial charge in [-0.15, -0.1) is 20.2 Å². The maximum Gasteiger partial charge on any atom is 0.508 e. The number of nitrogens with two attached hydrogens (primary N) is 1. The summed E-state index contributed by atoms with van der Waals surface area (Å²) in [6, 6.07) is 1.37. The number of piperidine rings is 1. The molecule has 5 atom stereocenters. The van der Waals surface area contributed by atoms with Gasteiger partial charge in [-0.05, 0) is 80.8 Å². The Morgan fingerprint density at radius 1 is 0.921 bits per heavy atom. The van der Waals surface area contributed by atoms with Gasteiger partial charge in [0.25, 0.3) is 10.2 Å². The van der Waals surface area contributed by atoms with E-state index in [2.05, 4.69) is 39.9 Å². The van der Waals surface area contributed by atoms with Crippen LogP contribution in [0.3, 0.4) is 0 Å². The monoisotopic (exact) mass is 902 g/mol. The molecule has 1 fully saturated rings. The molecule has 1 unspecified atom stereocenters. The van der Waals surface area contributed by atoms with Gasteiger partial charge in [0.1, 0.15) is 25.9 Å². The molecule has 63 heavy (non-hydrogen) atoms. The number of ether oxygens (including phenoxy) is 6. The molecule has 1 aromatic rings. The zero-order chi connectivity index (χ0) is 46.7. The molecular weight excluding hydrogens is 832 g/mol. The number of aliphatic hydroxyl groups is 1. The minimum atomic E-state index is -1.13. The lowest BCUT2D eigenvalue weighted by atomic mass is 9.80. The minimum absolute atomic E-state index is 0.0815. The molecule has 22 nitrogen and oxygen atoms in total. The molecule has 2 amide bonds. The molecule has 2 rings (SSSR count). The van der Waals surface area contributed by atoms with Crippen molar-refractivity contribution < 1.29 is 67.8 Å². The third-order valence-electron chi connectivity index (χ3n) is 10.8. The van der Waals surface area contributed by atoms with E-state index in [1.807, 2.05) is 20.0 Å². The van der Waals surface area contributed by atoms with Gasteiger partial charge in [-0.2, -0.15) is 0 Å². The summed E-state index contributed by atoms with van der Waals surface area (Å²) < 4.78 is 31.4. The third-order valence-corrected chi connectivity index (χ3v) is 10.8. The van der Waals surface area contributed by atoms with Crippen LogP contribution in [0.2, 0.25) is 0 Å². The van der Waals surface area contributed by atoms with E-state index in [1.54, 1.807) is 19.1 Å². The Hall–Kier alpha value is -4.64. The summed E-state index contributed by atoms with van der Waals surface area (Å²) in [4.78, 5) is 74.4. The van der Waals surface area contributed by atoms with Gasteiger partial charge in [-0.1, -0.05) is 27.7 Å². The van der Waals surface area contributed by atoms with Crippen molar-refractivity contribution >= 4 is 18.0 Å². The minimum Gasteiger partial charge on any atom is -0.481 e. The van der Waals surface area contributed by atoms with Crippen molar-refractivity contribution in [3.63, 3.8) is 0 Å². The second-order valence-electron chi connectivity index (χ2n) is 16.2. The Labute approximate surface area is 369 Å². The third kappa shape index (κ3) is 22.5. The zero-order valence-corrected chi connectivity index (χ0v) is 37.6. The first-order valence-corrected chi connectivity index (χ1v) is 21.6. The fourth-order valence-electron chi connectivity index (χ4n) is 7.15. The molecule has 1 aliphatic heterocycles. The summed E-state index contributed by atoms with van der Waals surface area (Å²) in [6.45, 7) is 7.81. The zero-order valence-electron chi connectivity index (χ0n) is 37.6. The van der Waals surface area contributed by atoms with Crippen LogP contribution in [0.4, 0.5) is 4.79 Å². The van der Waals surface area contributed by atoms with Crippen LogP contribution in [0, 0.1) is 43.9 Å². The van der Waals surface area contributed by atoms with Gasteiger partial charge < -0.3 is 59.2 Å². The Morgan fingerprint density at radius 3 is 2.17 bits per heavy atom. The largest absolute Gasteiger partial charge is 0.508 e. The highest BCUT2D eigenvalue weighted by Crippen LogP contribution is 2.28. The fourth-order valence-corrected chi connectivity index (χ4v) is 7.15. The number of carbonyl (C=O) groups is 3. The molecular formula is C41H70N6O16. The molecule has 4 N–H and O–H groups in total. The van der Waals surface area contributed by atoms with Gasteiger partial charge in [0.15, 0.2) is 0 Å². The van der Waals surface area contributed by atoms with E-state index in [1.165, 1.54) is 0 Å². The van der Waals surface area contributed by atoms with Crippen LogP contribution in [0.15, 0.2) is 12.3 Å². The lowest BCUT2D eigenvalue weighted by Crippen LogP contribution is -2.50. The average molecular weight is 903 g/mol. The summed E-state index contributed by atoms with van der Waals surface area (Å²) in [6.07, 6.45) is 3.52. The van der Waals surface area contributed by atoms with Gasteiger partial charge in [0.05, 0.1) is 46.1 Å². The summed E-state index contributed by atoms with van der Waals surface area (Å²) in [5.41, 5.74) is 8.77. The number of amides is 2. The first kappa shape index (κ1) is 54.5. The highest BCUT2D eigenvalue weighted by atomic mass is 17.0. The number of hydrogen-bond donors (Lipinski definition) is 3. The summed E-state index contributed by atoms with van der Waals surface area (Å²) >= 11 is 0. The van der Waals surface area contributed by atoms with Crippen molar-refractivity contribution in [1.29, 1.82) is 0 Å². The van der Waals surface area contributed by atoms with Crippen LogP contribution in [0.1, 0.15) is 83.8 Å². The number of likely N-dealkylation sites (tertiary alicyclic amines) is 1. The lowest BCUT2D eigenvalue weighted by molar-refractivity contribution is -0.758. The topological polar surface area (TPSA) is 286 Å². The smallest absolute Gasteiger partial charge is 0.481 e.